The van der Waals surface area contributed by atoms with Crippen molar-refractivity contribution in [1.82, 2.24) is 0 Å². The highest BCUT2D eigenvalue weighted by atomic mass is 35.5. The Bertz CT molecular complexity index is 710. The fraction of sp³-hybridized carbons (Fsp3) is 0.167. The molecule has 0 saturated heterocycles. The number of nitrogens with one attached hydrogen (secondary N) is 1. The van der Waals surface area contributed by atoms with Crippen LogP contribution in [0.5, 0.6) is 0 Å². The molecule has 1 heterocycles. The number of halogens is 1. The Kier molecular flexibility index (Phi) is 2.31. The quantitative estimate of drug-likeness (QED) is 0.851. The van der Waals surface area contributed by atoms with Crippen molar-refractivity contribution in [2.24, 2.45) is 0 Å². The number of hydrogen-bond acceptors (Lipinski definition) is 2. The van der Waals surface area contributed by atoms with Crippen LogP contribution >= 0.6 is 11.6 Å². The molecule has 0 aromatic heterocycles. The lowest BCUT2D eigenvalue weighted by Crippen LogP contribution is -2.05. The van der Waals surface area contributed by atoms with E-state index in [4.69, 9.17) is 11.6 Å². The second kappa shape index (κ2) is 3.62. The summed E-state index contributed by atoms with van der Waals surface area (Å²) in [6, 6.07) is 9.07. The maximum absolute atomic E-state index is 11.9. The molecule has 2 aromatic carbocycles. The van der Waals surface area contributed by atoms with Gasteiger partial charge in [-0.1, -0.05) is 18.2 Å². The van der Waals surface area contributed by atoms with Gasteiger partial charge < -0.3 is 0 Å². The van der Waals surface area contributed by atoms with Gasteiger partial charge in [0, 0.05) is 11.3 Å². The summed E-state index contributed by atoms with van der Waals surface area (Å²) in [6.07, 6.45) is 0.738. The molecule has 5 heteroatoms. The molecule has 0 amide bonds. The van der Waals surface area contributed by atoms with Crippen LogP contribution < -0.4 is 4.72 Å². The largest absolute Gasteiger partial charge is 0.279 e. The van der Waals surface area contributed by atoms with Crippen LogP contribution in [0.15, 0.2) is 35.2 Å². The summed E-state index contributed by atoms with van der Waals surface area (Å²) in [4.78, 5) is 0.362. The second-order valence-electron chi connectivity index (χ2n) is 4.00. The van der Waals surface area contributed by atoms with E-state index in [1.54, 1.807) is 12.1 Å². The van der Waals surface area contributed by atoms with E-state index in [0.29, 0.717) is 16.5 Å². The maximum atomic E-state index is 11.9. The van der Waals surface area contributed by atoms with Crippen LogP contribution in [0.3, 0.4) is 0 Å². The Morgan fingerprint density at radius 3 is 2.76 bits per heavy atom. The average molecular weight is 268 g/mol. The lowest BCUT2D eigenvalue weighted by Gasteiger charge is -2.05. The Morgan fingerprint density at radius 1 is 1.18 bits per heavy atom. The van der Waals surface area contributed by atoms with E-state index >= 15 is 0 Å². The molecule has 1 aliphatic rings. The van der Waals surface area contributed by atoms with Gasteiger partial charge in [-0.05, 0) is 29.5 Å². The highest BCUT2D eigenvalue weighted by Crippen LogP contribution is 2.38. The molecular weight excluding hydrogens is 258 g/mol. The van der Waals surface area contributed by atoms with Crippen molar-refractivity contribution in [2.75, 3.05) is 10.6 Å². The highest BCUT2D eigenvalue weighted by Gasteiger charge is 2.27. The fourth-order valence-corrected chi connectivity index (χ4v) is 3.77. The standard InChI is InChI=1S/C12H10ClNO2S/c13-7-6-8-4-5-11-12-9(8)2-1-3-10(12)14-17(11,15)16/h1-5,14H,6-7H2. The van der Waals surface area contributed by atoms with Gasteiger partial charge in [0.2, 0.25) is 0 Å². The van der Waals surface area contributed by atoms with Gasteiger partial charge in [-0.2, -0.15) is 0 Å². The molecular formula is C12H10ClNO2S. The SMILES string of the molecule is O=S1(=O)Nc2cccc3c(CCCl)ccc1c23. The van der Waals surface area contributed by atoms with Gasteiger partial charge in [0.1, 0.15) is 0 Å². The normalized spacial score (nSPS) is 16.1. The van der Waals surface area contributed by atoms with Crippen molar-refractivity contribution >= 4 is 38.1 Å². The molecule has 0 spiro atoms. The summed E-state index contributed by atoms with van der Waals surface area (Å²) in [7, 11) is -3.37. The first-order chi connectivity index (χ1) is 8.13. The number of alkyl halides is 1. The van der Waals surface area contributed by atoms with E-state index in [1.165, 1.54) is 0 Å². The number of aryl methyl sites for hydroxylation is 1. The van der Waals surface area contributed by atoms with Gasteiger partial charge >= 0.3 is 0 Å². The molecule has 88 valence electrons. The van der Waals surface area contributed by atoms with Crippen molar-refractivity contribution in [3.05, 3.63) is 35.9 Å². The van der Waals surface area contributed by atoms with Crippen LogP contribution in [-0.2, 0) is 16.4 Å². The number of anilines is 1. The first-order valence-electron chi connectivity index (χ1n) is 5.27. The van der Waals surface area contributed by atoms with Crippen molar-refractivity contribution in [1.29, 1.82) is 0 Å². The number of benzene rings is 2. The lowest BCUT2D eigenvalue weighted by molar-refractivity contribution is 0.603. The maximum Gasteiger partial charge on any atom is 0.262 e. The Labute approximate surface area is 104 Å². The Hall–Kier alpha value is -1.26. The summed E-state index contributed by atoms with van der Waals surface area (Å²) < 4.78 is 26.3. The van der Waals surface area contributed by atoms with E-state index < -0.39 is 10.0 Å². The van der Waals surface area contributed by atoms with E-state index in [2.05, 4.69) is 4.72 Å². The third kappa shape index (κ3) is 1.51. The van der Waals surface area contributed by atoms with Crippen molar-refractivity contribution in [2.45, 2.75) is 11.3 Å². The van der Waals surface area contributed by atoms with Gasteiger partial charge in [-0.15, -0.1) is 11.6 Å². The Balaban J connectivity index is 2.42. The molecule has 1 aliphatic heterocycles. The molecule has 1 N–H and O–H groups in total. The van der Waals surface area contributed by atoms with Gasteiger partial charge in [0.15, 0.2) is 0 Å². The summed E-state index contributed by atoms with van der Waals surface area (Å²) >= 11 is 5.75. The third-order valence-electron chi connectivity index (χ3n) is 2.99. The molecule has 0 saturated carbocycles. The first kappa shape index (κ1) is 10.9. The summed E-state index contributed by atoms with van der Waals surface area (Å²) in [5, 5.41) is 1.75. The van der Waals surface area contributed by atoms with Gasteiger partial charge in [-0.25, -0.2) is 8.42 Å². The van der Waals surface area contributed by atoms with Crippen LogP contribution in [0.1, 0.15) is 5.56 Å². The van der Waals surface area contributed by atoms with Crippen LogP contribution in [0.4, 0.5) is 5.69 Å². The highest BCUT2D eigenvalue weighted by molar-refractivity contribution is 7.93. The molecule has 0 radical (unpaired) electrons. The topological polar surface area (TPSA) is 46.2 Å². The minimum absolute atomic E-state index is 0.362. The molecule has 0 aliphatic carbocycles. The molecule has 0 bridgehead atoms. The van der Waals surface area contributed by atoms with Crippen LogP contribution in [0.2, 0.25) is 0 Å². The van der Waals surface area contributed by atoms with Crippen molar-refractivity contribution in [3.63, 3.8) is 0 Å². The second-order valence-corrected chi connectivity index (χ2v) is 6.02. The van der Waals surface area contributed by atoms with E-state index in [-0.39, 0.29) is 0 Å². The van der Waals surface area contributed by atoms with Crippen molar-refractivity contribution < 1.29 is 8.42 Å². The minimum Gasteiger partial charge on any atom is -0.279 e. The smallest absolute Gasteiger partial charge is 0.262 e. The van der Waals surface area contributed by atoms with Crippen LogP contribution in [0, 0.1) is 0 Å². The zero-order valence-corrected chi connectivity index (χ0v) is 10.5. The molecule has 17 heavy (non-hydrogen) atoms. The van der Waals surface area contributed by atoms with E-state index in [1.807, 2.05) is 18.2 Å². The number of rotatable bonds is 2. The van der Waals surface area contributed by atoms with E-state index in [0.717, 1.165) is 22.8 Å². The lowest BCUT2D eigenvalue weighted by atomic mass is 10.0. The molecule has 2 aromatic rings. The molecule has 0 unspecified atom stereocenters. The summed E-state index contributed by atoms with van der Waals surface area (Å²) in [6.45, 7) is 0. The van der Waals surface area contributed by atoms with Gasteiger partial charge in [0.05, 0.1) is 10.6 Å². The predicted octanol–water partition coefficient (Wildman–Crippen LogP) is 2.74. The monoisotopic (exact) mass is 267 g/mol. The molecule has 0 atom stereocenters. The average Bonchev–Trinajstić information content (AvgIpc) is 2.55. The van der Waals surface area contributed by atoms with Crippen LogP contribution in [0.25, 0.3) is 10.8 Å². The third-order valence-corrected chi connectivity index (χ3v) is 4.59. The van der Waals surface area contributed by atoms with Crippen LogP contribution in [-0.4, -0.2) is 14.3 Å². The molecule has 3 nitrogen and oxygen atoms in total. The number of hydrogen-bond donors (Lipinski definition) is 1. The van der Waals surface area contributed by atoms with Crippen molar-refractivity contribution in [3.8, 4) is 0 Å². The Morgan fingerprint density at radius 2 is 2.00 bits per heavy atom. The van der Waals surface area contributed by atoms with Gasteiger partial charge in [0.25, 0.3) is 10.0 Å². The minimum atomic E-state index is -3.37. The zero-order valence-electron chi connectivity index (χ0n) is 8.90. The number of sulfonamides is 1. The first-order valence-corrected chi connectivity index (χ1v) is 7.28. The summed E-state index contributed by atoms with van der Waals surface area (Å²) in [5.74, 6) is 0.527. The summed E-state index contributed by atoms with van der Waals surface area (Å²) in [5.41, 5.74) is 1.74. The molecule has 3 rings (SSSR count). The molecule has 0 fully saturated rings. The zero-order chi connectivity index (χ0) is 12.0. The van der Waals surface area contributed by atoms with Gasteiger partial charge in [-0.3, -0.25) is 4.72 Å². The predicted molar refractivity (Wildman–Crippen MR) is 69.2 cm³/mol. The van der Waals surface area contributed by atoms with E-state index in [9.17, 15) is 8.42 Å². The fourth-order valence-electron chi connectivity index (χ4n) is 2.26.